The fourth-order valence-corrected chi connectivity index (χ4v) is 2.29. The molecule has 0 saturated carbocycles. The number of carbonyl (C=O) groups is 1. The molecule has 0 amide bonds. The highest BCUT2D eigenvalue weighted by atomic mass is 16.5. The van der Waals surface area contributed by atoms with E-state index < -0.39 is 5.97 Å². The van der Waals surface area contributed by atoms with Crippen LogP contribution in [0.4, 0.5) is 0 Å². The zero-order valence-corrected chi connectivity index (χ0v) is 13.0. The maximum absolute atomic E-state index is 10.8. The molecule has 0 heterocycles. The molecule has 0 spiro atoms. The van der Waals surface area contributed by atoms with E-state index in [0.717, 1.165) is 41.1 Å². The van der Waals surface area contributed by atoms with Crippen LogP contribution in [0.25, 0.3) is 16.8 Å². The molecule has 2 aromatic carbocycles. The summed E-state index contributed by atoms with van der Waals surface area (Å²) in [5.74, 6) is -0.249. The number of carboxylic acids is 1. The van der Waals surface area contributed by atoms with Crippen molar-refractivity contribution < 1.29 is 14.6 Å². The lowest BCUT2D eigenvalue weighted by Gasteiger charge is -2.13. The van der Waals surface area contributed by atoms with E-state index in [1.165, 1.54) is 0 Å². The molecule has 0 saturated heterocycles. The van der Waals surface area contributed by atoms with Gasteiger partial charge in [-0.1, -0.05) is 30.3 Å². The van der Waals surface area contributed by atoms with Crippen molar-refractivity contribution in [2.24, 2.45) is 0 Å². The van der Waals surface area contributed by atoms with Crippen molar-refractivity contribution in [3.8, 4) is 5.75 Å². The normalized spacial score (nSPS) is 11.4. The van der Waals surface area contributed by atoms with E-state index in [2.05, 4.69) is 4.90 Å². The second-order valence-electron chi connectivity index (χ2n) is 5.38. The van der Waals surface area contributed by atoms with Gasteiger partial charge in [-0.3, -0.25) is 0 Å². The minimum atomic E-state index is -0.966. The Bertz CT molecular complexity index is 677. The van der Waals surface area contributed by atoms with E-state index in [4.69, 9.17) is 9.84 Å². The topological polar surface area (TPSA) is 49.8 Å². The summed E-state index contributed by atoms with van der Waals surface area (Å²) in [5.41, 5.74) is 0.811. The maximum atomic E-state index is 10.8. The van der Waals surface area contributed by atoms with Gasteiger partial charge in [0.15, 0.2) is 0 Å². The lowest BCUT2D eigenvalue weighted by molar-refractivity contribution is -0.131. The van der Waals surface area contributed by atoms with Gasteiger partial charge in [0.1, 0.15) is 5.75 Å². The van der Waals surface area contributed by atoms with E-state index in [1.807, 2.05) is 50.5 Å². The zero-order valence-electron chi connectivity index (χ0n) is 13.0. The number of carboxylic acid groups (broad SMARTS) is 1. The third-order valence-corrected chi connectivity index (χ3v) is 3.33. The molecule has 4 nitrogen and oxygen atoms in total. The summed E-state index contributed by atoms with van der Waals surface area (Å²) in [6.45, 7) is 1.55. The van der Waals surface area contributed by atoms with Crippen molar-refractivity contribution in [3.05, 3.63) is 48.0 Å². The predicted molar refractivity (Wildman–Crippen MR) is 89.3 cm³/mol. The zero-order chi connectivity index (χ0) is 15.9. The van der Waals surface area contributed by atoms with Gasteiger partial charge in [-0.15, -0.1) is 0 Å². The van der Waals surface area contributed by atoms with Gasteiger partial charge in [-0.2, -0.15) is 0 Å². The third-order valence-electron chi connectivity index (χ3n) is 3.33. The van der Waals surface area contributed by atoms with E-state index in [0.29, 0.717) is 6.61 Å². The largest absolute Gasteiger partial charge is 0.493 e. The van der Waals surface area contributed by atoms with Gasteiger partial charge in [0.2, 0.25) is 0 Å². The summed E-state index contributed by atoms with van der Waals surface area (Å²) in [6, 6.07) is 11.8. The van der Waals surface area contributed by atoms with Gasteiger partial charge < -0.3 is 14.7 Å². The molecule has 0 aliphatic rings. The van der Waals surface area contributed by atoms with Crippen LogP contribution in [0.15, 0.2) is 42.5 Å². The smallest absolute Gasteiger partial charge is 0.328 e. The Balaban J connectivity index is 2.27. The van der Waals surface area contributed by atoms with Crippen molar-refractivity contribution in [2.45, 2.75) is 6.42 Å². The third kappa shape index (κ3) is 4.33. The van der Waals surface area contributed by atoms with Crippen LogP contribution in [-0.4, -0.2) is 43.2 Å². The molecule has 22 heavy (non-hydrogen) atoms. The summed E-state index contributed by atoms with van der Waals surface area (Å²) in [6.07, 6.45) is 3.67. The first kappa shape index (κ1) is 16.0. The average Bonchev–Trinajstić information content (AvgIpc) is 2.49. The maximum Gasteiger partial charge on any atom is 0.328 e. The van der Waals surface area contributed by atoms with Crippen LogP contribution in [0.2, 0.25) is 0 Å². The van der Waals surface area contributed by atoms with E-state index in [1.54, 1.807) is 6.08 Å². The molecule has 0 aromatic heterocycles. The first-order chi connectivity index (χ1) is 10.6. The minimum absolute atomic E-state index is 0.602. The van der Waals surface area contributed by atoms with Crippen molar-refractivity contribution in [1.82, 2.24) is 4.90 Å². The van der Waals surface area contributed by atoms with Gasteiger partial charge in [0.25, 0.3) is 0 Å². The second-order valence-corrected chi connectivity index (χ2v) is 5.38. The van der Waals surface area contributed by atoms with Crippen LogP contribution >= 0.6 is 0 Å². The molecule has 0 fully saturated rings. The molecular weight excluding hydrogens is 278 g/mol. The van der Waals surface area contributed by atoms with E-state index in [-0.39, 0.29) is 0 Å². The lowest BCUT2D eigenvalue weighted by Crippen LogP contribution is -2.15. The van der Waals surface area contributed by atoms with Crippen LogP contribution in [0.3, 0.4) is 0 Å². The number of rotatable bonds is 7. The molecule has 0 bridgehead atoms. The molecule has 0 aliphatic carbocycles. The van der Waals surface area contributed by atoms with Crippen LogP contribution in [0, 0.1) is 0 Å². The Morgan fingerprint density at radius 1 is 1.23 bits per heavy atom. The molecule has 2 rings (SSSR count). The monoisotopic (exact) mass is 299 g/mol. The number of aliphatic carboxylic acids is 1. The highest BCUT2D eigenvalue weighted by molar-refractivity contribution is 5.96. The SMILES string of the molecule is CN(C)CCCOc1ccc2ccccc2c1C=CC(=O)O. The van der Waals surface area contributed by atoms with Gasteiger partial charge in [0, 0.05) is 18.2 Å². The van der Waals surface area contributed by atoms with Crippen molar-refractivity contribution in [1.29, 1.82) is 0 Å². The molecule has 1 N–H and O–H groups in total. The summed E-state index contributed by atoms with van der Waals surface area (Å²) in [7, 11) is 4.05. The van der Waals surface area contributed by atoms with Gasteiger partial charge in [0.05, 0.1) is 6.61 Å². The second kappa shape index (κ2) is 7.61. The summed E-state index contributed by atoms with van der Waals surface area (Å²) in [5, 5.41) is 10.9. The number of hydrogen-bond acceptors (Lipinski definition) is 3. The molecule has 2 aromatic rings. The van der Waals surface area contributed by atoms with Crippen LogP contribution in [-0.2, 0) is 4.79 Å². The number of hydrogen-bond donors (Lipinski definition) is 1. The average molecular weight is 299 g/mol. The molecule has 4 heteroatoms. The standard InChI is InChI=1S/C18H21NO3/c1-19(2)12-5-13-22-17-10-8-14-6-3-4-7-15(14)16(17)9-11-18(20)21/h3-4,6-11H,5,12-13H2,1-2H3,(H,20,21). The Morgan fingerprint density at radius 3 is 2.73 bits per heavy atom. The molecular formula is C18H21NO3. The molecule has 116 valence electrons. The number of nitrogens with zero attached hydrogens (tertiary/aromatic N) is 1. The minimum Gasteiger partial charge on any atom is -0.493 e. The first-order valence-corrected chi connectivity index (χ1v) is 7.28. The number of ether oxygens (including phenoxy) is 1. The molecule has 0 atom stereocenters. The van der Waals surface area contributed by atoms with Crippen molar-refractivity contribution in [3.63, 3.8) is 0 Å². The van der Waals surface area contributed by atoms with Gasteiger partial charge in [-0.25, -0.2) is 4.79 Å². The summed E-state index contributed by atoms with van der Waals surface area (Å²) in [4.78, 5) is 12.9. The first-order valence-electron chi connectivity index (χ1n) is 7.28. The molecule has 0 radical (unpaired) electrons. The fourth-order valence-electron chi connectivity index (χ4n) is 2.29. The number of benzene rings is 2. The van der Waals surface area contributed by atoms with E-state index in [9.17, 15) is 4.79 Å². The Kier molecular flexibility index (Phi) is 5.55. The van der Waals surface area contributed by atoms with Crippen molar-refractivity contribution in [2.75, 3.05) is 27.2 Å². The van der Waals surface area contributed by atoms with Crippen molar-refractivity contribution >= 4 is 22.8 Å². The Morgan fingerprint density at radius 2 is 2.00 bits per heavy atom. The highest BCUT2D eigenvalue weighted by Gasteiger charge is 2.07. The number of fused-ring (bicyclic) bond motifs is 1. The summed E-state index contributed by atoms with van der Waals surface area (Å²) < 4.78 is 5.86. The van der Waals surface area contributed by atoms with Crippen LogP contribution in [0.5, 0.6) is 5.75 Å². The highest BCUT2D eigenvalue weighted by Crippen LogP contribution is 2.29. The van der Waals surface area contributed by atoms with Crippen LogP contribution < -0.4 is 4.74 Å². The quantitative estimate of drug-likeness (QED) is 0.630. The lowest BCUT2D eigenvalue weighted by atomic mass is 10.0. The van der Waals surface area contributed by atoms with Gasteiger partial charge in [-0.05, 0) is 43.4 Å². The summed E-state index contributed by atoms with van der Waals surface area (Å²) >= 11 is 0. The van der Waals surface area contributed by atoms with Crippen LogP contribution in [0.1, 0.15) is 12.0 Å². The van der Waals surface area contributed by atoms with Gasteiger partial charge >= 0.3 is 5.97 Å². The fraction of sp³-hybridized carbons (Fsp3) is 0.278. The Labute approximate surface area is 130 Å². The Hall–Kier alpha value is -2.33. The molecule has 0 aliphatic heterocycles. The molecule has 0 unspecified atom stereocenters. The van der Waals surface area contributed by atoms with E-state index >= 15 is 0 Å². The predicted octanol–water partition coefficient (Wildman–Crippen LogP) is 3.27.